The van der Waals surface area contributed by atoms with Gasteiger partial charge in [-0.15, -0.1) is 0 Å². The highest BCUT2D eigenvalue weighted by atomic mass is 32.2. The summed E-state index contributed by atoms with van der Waals surface area (Å²) in [6, 6.07) is 5.57. The number of para-hydroxylation sites is 1. The molecule has 8 heteroatoms. The Labute approximate surface area is 141 Å². The minimum Gasteiger partial charge on any atom is -0.324 e. The highest BCUT2D eigenvalue weighted by Crippen LogP contribution is 2.26. The van der Waals surface area contributed by atoms with Crippen molar-refractivity contribution in [2.45, 2.75) is 49.3 Å². The molecule has 0 aromatic heterocycles. The molecule has 0 bridgehead atoms. The van der Waals surface area contributed by atoms with Gasteiger partial charge in [0.2, 0.25) is 15.7 Å². The number of alkyl halides is 2. The fourth-order valence-corrected chi connectivity index (χ4v) is 3.90. The number of piperidine rings is 1. The van der Waals surface area contributed by atoms with Gasteiger partial charge >= 0.3 is 5.76 Å². The van der Waals surface area contributed by atoms with Crippen LogP contribution in [0.4, 0.5) is 14.5 Å². The van der Waals surface area contributed by atoms with E-state index in [9.17, 15) is 22.0 Å². The number of sulfone groups is 1. The zero-order valence-electron chi connectivity index (χ0n) is 13.5. The van der Waals surface area contributed by atoms with E-state index in [-0.39, 0.29) is 12.2 Å². The second-order valence-corrected chi connectivity index (χ2v) is 7.76. The molecule has 24 heavy (non-hydrogen) atoms. The van der Waals surface area contributed by atoms with Crippen LogP contribution in [0.1, 0.15) is 32.6 Å². The molecule has 1 atom stereocenters. The summed E-state index contributed by atoms with van der Waals surface area (Å²) in [5, 5.41) is 2.47. The van der Waals surface area contributed by atoms with Crippen LogP contribution < -0.4 is 5.32 Å². The molecule has 0 saturated carbocycles. The van der Waals surface area contributed by atoms with Gasteiger partial charge in [-0.1, -0.05) is 25.5 Å². The van der Waals surface area contributed by atoms with Gasteiger partial charge in [0, 0.05) is 6.04 Å². The van der Waals surface area contributed by atoms with Crippen LogP contribution in [0.2, 0.25) is 0 Å². The van der Waals surface area contributed by atoms with Crippen molar-refractivity contribution in [3.8, 4) is 0 Å². The molecular weight excluding hydrogens is 338 g/mol. The first-order valence-corrected chi connectivity index (χ1v) is 9.56. The highest BCUT2D eigenvalue weighted by Gasteiger charge is 2.30. The summed E-state index contributed by atoms with van der Waals surface area (Å²) in [5.74, 6) is -3.92. The Morgan fingerprint density at radius 2 is 2.04 bits per heavy atom. The van der Waals surface area contributed by atoms with E-state index in [4.69, 9.17) is 0 Å². The fraction of sp³-hybridized carbons (Fsp3) is 0.562. The number of nitrogens with zero attached hydrogens (tertiary/aromatic N) is 1. The number of hydrogen-bond donors (Lipinski definition) is 1. The van der Waals surface area contributed by atoms with Crippen LogP contribution in [0.5, 0.6) is 0 Å². The molecular formula is C16H22F2N2O3S. The Hall–Kier alpha value is -1.54. The summed E-state index contributed by atoms with van der Waals surface area (Å²) in [6.07, 6.45) is 4.11. The number of benzene rings is 1. The summed E-state index contributed by atoms with van der Waals surface area (Å²) in [4.78, 5) is 13.8. The van der Waals surface area contributed by atoms with E-state index in [0.717, 1.165) is 38.3 Å². The fourth-order valence-electron chi connectivity index (χ4n) is 3.02. The first-order valence-electron chi connectivity index (χ1n) is 8.01. The lowest BCUT2D eigenvalue weighted by Gasteiger charge is -2.34. The van der Waals surface area contributed by atoms with E-state index in [1.807, 2.05) is 0 Å². The molecule has 0 radical (unpaired) electrons. The van der Waals surface area contributed by atoms with Gasteiger partial charge in [0.05, 0.1) is 17.1 Å². The van der Waals surface area contributed by atoms with Crippen LogP contribution in [0, 0.1) is 0 Å². The second kappa shape index (κ2) is 8.02. The van der Waals surface area contributed by atoms with Crippen molar-refractivity contribution >= 4 is 21.4 Å². The Morgan fingerprint density at radius 1 is 1.33 bits per heavy atom. The van der Waals surface area contributed by atoms with Crippen LogP contribution in [0.3, 0.4) is 0 Å². The first-order chi connectivity index (χ1) is 11.4. The average molecular weight is 360 g/mol. The Morgan fingerprint density at radius 3 is 2.71 bits per heavy atom. The van der Waals surface area contributed by atoms with Crippen LogP contribution in [-0.2, 0) is 14.6 Å². The predicted octanol–water partition coefficient (Wildman–Crippen LogP) is 2.89. The lowest BCUT2D eigenvalue weighted by molar-refractivity contribution is -0.118. The van der Waals surface area contributed by atoms with Gasteiger partial charge in [-0.05, 0) is 37.9 Å². The zero-order chi connectivity index (χ0) is 17.7. The van der Waals surface area contributed by atoms with Crippen molar-refractivity contribution in [1.29, 1.82) is 0 Å². The number of anilines is 1. The molecule has 1 heterocycles. The van der Waals surface area contributed by atoms with E-state index >= 15 is 0 Å². The third kappa shape index (κ3) is 4.30. The number of likely N-dealkylation sites (tertiary alicyclic amines) is 1. The second-order valence-electron chi connectivity index (χ2n) is 5.88. The van der Waals surface area contributed by atoms with E-state index in [1.165, 1.54) is 18.2 Å². The molecule has 1 fully saturated rings. The Kier molecular flexibility index (Phi) is 6.28. The molecule has 1 aliphatic heterocycles. The number of carbonyl (C=O) groups excluding carboxylic acids is 1. The van der Waals surface area contributed by atoms with Gasteiger partial charge in [-0.25, -0.2) is 8.42 Å². The molecule has 1 aromatic rings. The van der Waals surface area contributed by atoms with Crippen molar-refractivity contribution < 1.29 is 22.0 Å². The summed E-state index contributed by atoms with van der Waals surface area (Å²) in [5.41, 5.74) is -0.104. The third-order valence-electron chi connectivity index (χ3n) is 4.27. The van der Waals surface area contributed by atoms with Crippen LogP contribution in [-0.4, -0.2) is 44.1 Å². The Bertz CT molecular complexity index is 680. The predicted molar refractivity (Wildman–Crippen MR) is 87.8 cm³/mol. The number of amides is 1. The van der Waals surface area contributed by atoms with Crippen molar-refractivity contribution in [3.63, 3.8) is 0 Å². The molecule has 1 saturated heterocycles. The standard InChI is InChI=1S/C16H22F2N2O3S/c1-2-12-7-5-6-10-20(12)11-15(21)19-13-8-3-4-9-14(13)24(22,23)16(17)18/h3-4,8-9,12,16H,2,5-7,10-11H2,1H3,(H,19,21)/t12-/m1/s1. The minimum atomic E-state index is -4.76. The molecule has 0 unspecified atom stereocenters. The van der Waals surface area contributed by atoms with Crippen molar-refractivity contribution in [2.24, 2.45) is 0 Å². The molecule has 1 N–H and O–H groups in total. The number of halogens is 2. The van der Waals surface area contributed by atoms with E-state index < -0.39 is 26.4 Å². The van der Waals surface area contributed by atoms with Crippen LogP contribution in [0.25, 0.3) is 0 Å². The number of hydrogen-bond acceptors (Lipinski definition) is 4. The van der Waals surface area contributed by atoms with Gasteiger partial charge in [0.1, 0.15) is 0 Å². The zero-order valence-corrected chi connectivity index (χ0v) is 14.4. The molecule has 0 aliphatic carbocycles. The quantitative estimate of drug-likeness (QED) is 0.847. The molecule has 5 nitrogen and oxygen atoms in total. The summed E-state index contributed by atoms with van der Waals surface area (Å²) < 4.78 is 49.0. The summed E-state index contributed by atoms with van der Waals surface area (Å²) >= 11 is 0. The maximum absolute atomic E-state index is 12.8. The Balaban J connectivity index is 2.12. The number of rotatable bonds is 6. The largest absolute Gasteiger partial charge is 0.341 e. The molecule has 1 aliphatic rings. The lowest BCUT2D eigenvalue weighted by atomic mass is 10.00. The van der Waals surface area contributed by atoms with Crippen molar-refractivity contribution in [2.75, 3.05) is 18.4 Å². The van der Waals surface area contributed by atoms with Crippen LogP contribution in [0.15, 0.2) is 29.2 Å². The maximum Gasteiger partial charge on any atom is 0.341 e. The van der Waals surface area contributed by atoms with Crippen molar-refractivity contribution in [1.82, 2.24) is 4.90 Å². The average Bonchev–Trinajstić information content (AvgIpc) is 2.55. The molecule has 1 amide bonds. The smallest absolute Gasteiger partial charge is 0.324 e. The van der Waals surface area contributed by atoms with E-state index in [1.54, 1.807) is 0 Å². The first kappa shape index (κ1) is 18.8. The minimum absolute atomic E-state index is 0.104. The van der Waals surface area contributed by atoms with Gasteiger partial charge in [0.25, 0.3) is 0 Å². The maximum atomic E-state index is 12.8. The molecule has 2 rings (SSSR count). The topological polar surface area (TPSA) is 66.5 Å². The molecule has 1 aromatic carbocycles. The normalized spacial score (nSPS) is 19.4. The van der Waals surface area contributed by atoms with Gasteiger partial charge in [0.15, 0.2) is 0 Å². The lowest BCUT2D eigenvalue weighted by Crippen LogP contribution is -2.43. The van der Waals surface area contributed by atoms with Gasteiger partial charge < -0.3 is 5.32 Å². The van der Waals surface area contributed by atoms with Crippen LogP contribution >= 0.6 is 0 Å². The molecule has 0 spiro atoms. The number of carbonyl (C=O) groups is 1. The van der Waals surface area contributed by atoms with Gasteiger partial charge in [-0.2, -0.15) is 8.78 Å². The molecule has 134 valence electrons. The SMILES string of the molecule is CC[C@@H]1CCCCN1CC(=O)Nc1ccccc1S(=O)(=O)C(F)F. The summed E-state index contributed by atoms with van der Waals surface area (Å²) in [6.45, 7) is 3.00. The summed E-state index contributed by atoms with van der Waals surface area (Å²) in [7, 11) is -4.76. The van der Waals surface area contributed by atoms with E-state index in [2.05, 4.69) is 17.1 Å². The highest BCUT2D eigenvalue weighted by molar-refractivity contribution is 7.91. The van der Waals surface area contributed by atoms with E-state index in [0.29, 0.717) is 6.04 Å². The number of nitrogens with one attached hydrogen (secondary N) is 1. The van der Waals surface area contributed by atoms with Gasteiger partial charge in [-0.3, -0.25) is 9.69 Å². The van der Waals surface area contributed by atoms with Crippen molar-refractivity contribution in [3.05, 3.63) is 24.3 Å². The third-order valence-corrected chi connectivity index (χ3v) is 5.71. The monoisotopic (exact) mass is 360 g/mol.